The average molecular weight is 251 g/mol. The molecule has 1 saturated carbocycles. The number of halogens is 1. The van der Waals surface area contributed by atoms with Crippen molar-refractivity contribution in [2.24, 2.45) is 0 Å². The highest BCUT2D eigenvalue weighted by Crippen LogP contribution is 2.31. The molecule has 0 bridgehead atoms. The van der Waals surface area contributed by atoms with Gasteiger partial charge in [-0.1, -0.05) is 12.8 Å². The van der Waals surface area contributed by atoms with Crippen molar-refractivity contribution in [2.75, 3.05) is 18.5 Å². The summed E-state index contributed by atoms with van der Waals surface area (Å²) < 4.78 is 13.1. The highest BCUT2D eigenvalue weighted by molar-refractivity contribution is 5.84. The molecule has 1 aliphatic rings. The maximum atomic E-state index is 13.1. The van der Waals surface area contributed by atoms with Gasteiger partial charge in [-0.15, -0.1) is 0 Å². The van der Waals surface area contributed by atoms with E-state index in [1.54, 1.807) is 6.07 Å². The second-order valence-corrected chi connectivity index (χ2v) is 5.11. The van der Waals surface area contributed by atoms with Gasteiger partial charge in [0, 0.05) is 24.8 Å². The summed E-state index contributed by atoms with van der Waals surface area (Å²) >= 11 is 0. The second kappa shape index (κ2) is 5.06. The number of carbonyl (C=O) groups is 1. The predicted octanol–water partition coefficient (Wildman–Crippen LogP) is 2.38. The molecule has 1 aromatic rings. The van der Waals surface area contributed by atoms with E-state index in [0.717, 1.165) is 25.7 Å². The molecule has 1 aliphatic carbocycles. The van der Waals surface area contributed by atoms with Crippen LogP contribution in [0.5, 0.6) is 0 Å². The van der Waals surface area contributed by atoms with Gasteiger partial charge in [-0.2, -0.15) is 0 Å². The summed E-state index contributed by atoms with van der Waals surface area (Å²) in [5.74, 6) is -0.422. The van der Waals surface area contributed by atoms with Crippen molar-refractivity contribution in [3.63, 3.8) is 0 Å². The van der Waals surface area contributed by atoms with Crippen LogP contribution in [0.2, 0.25) is 0 Å². The van der Waals surface area contributed by atoms with Gasteiger partial charge in [-0.25, -0.2) is 4.39 Å². The van der Waals surface area contributed by atoms with Crippen LogP contribution in [-0.4, -0.2) is 30.6 Å². The van der Waals surface area contributed by atoms with Gasteiger partial charge in [-0.3, -0.25) is 4.79 Å². The van der Waals surface area contributed by atoms with Crippen molar-refractivity contribution < 1.29 is 14.3 Å². The minimum Gasteiger partial charge on any atom is -0.388 e. The zero-order valence-corrected chi connectivity index (χ0v) is 10.5. The molecule has 1 aromatic carbocycles. The Bertz CT molecular complexity index is 441. The highest BCUT2D eigenvalue weighted by atomic mass is 19.1. The third kappa shape index (κ3) is 2.70. The summed E-state index contributed by atoms with van der Waals surface area (Å²) in [7, 11) is 1.82. The number of hydrogen-bond donors (Lipinski definition) is 1. The van der Waals surface area contributed by atoms with E-state index < -0.39 is 11.4 Å². The molecule has 0 aromatic heterocycles. The minimum atomic E-state index is -0.677. The highest BCUT2D eigenvalue weighted by Gasteiger charge is 2.32. The smallest absolute Gasteiger partial charge is 0.152 e. The first kappa shape index (κ1) is 13.0. The number of carbonyl (C=O) groups excluding carboxylic acids is 1. The molecule has 0 saturated heterocycles. The monoisotopic (exact) mass is 251 g/mol. The molecule has 0 spiro atoms. The second-order valence-electron chi connectivity index (χ2n) is 5.11. The Morgan fingerprint density at radius 1 is 1.44 bits per heavy atom. The average Bonchev–Trinajstić information content (AvgIpc) is 2.75. The van der Waals surface area contributed by atoms with Gasteiger partial charge in [0.05, 0.1) is 5.60 Å². The summed E-state index contributed by atoms with van der Waals surface area (Å²) in [4.78, 5) is 12.8. The Kier molecular flexibility index (Phi) is 3.66. The van der Waals surface area contributed by atoms with E-state index in [2.05, 4.69) is 0 Å². The molecule has 0 unspecified atom stereocenters. The molecular formula is C14H18FNO2. The van der Waals surface area contributed by atoms with Crippen molar-refractivity contribution >= 4 is 12.0 Å². The lowest BCUT2D eigenvalue weighted by Crippen LogP contribution is -2.39. The van der Waals surface area contributed by atoms with Gasteiger partial charge in [-0.05, 0) is 31.0 Å². The quantitative estimate of drug-likeness (QED) is 0.835. The van der Waals surface area contributed by atoms with Crippen LogP contribution < -0.4 is 4.90 Å². The molecule has 18 heavy (non-hydrogen) atoms. The molecule has 0 radical (unpaired) electrons. The van der Waals surface area contributed by atoms with Crippen LogP contribution in [-0.2, 0) is 0 Å². The third-order valence-electron chi connectivity index (χ3n) is 3.59. The van der Waals surface area contributed by atoms with Crippen molar-refractivity contribution in [3.8, 4) is 0 Å². The summed E-state index contributed by atoms with van der Waals surface area (Å²) in [6, 6.07) is 4.13. The van der Waals surface area contributed by atoms with Crippen LogP contribution in [0, 0.1) is 5.82 Å². The first-order valence-electron chi connectivity index (χ1n) is 6.22. The van der Waals surface area contributed by atoms with Crippen molar-refractivity contribution in [3.05, 3.63) is 29.6 Å². The van der Waals surface area contributed by atoms with E-state index in [-0.39, 0.29) is 0 Å². The molecule has 3 nitrogen and oxygen atoms in total. The van der Waals surface area contributed by atoms with Crippen LogP contribution in [0.25, 0.3) is 0 Å². The minimum absolute atomic E-state index is 0.319. The zero-order chi connectivity index (χ0) is 13.2. The fraction of sp³-hybridized carbons (Fsp3) is 0.500. The summed E-state index contributed by atoms with van der Waals surface area (Å²) in [5.41, 5.74) is 0.300. The van der Waals surface area contributed by atoms with Crippen LogP contribution >= 0.6 is 0 Å². The van der Waals surface area contributed by atoms with Crippen LogP contribution in [0.3, 0.4) is 0 Å². The summed E-state index contributed by atoms with van der Waals surface area (Å²) in [6.45, 7) is 0.472. The van der Waals surface area contributed by atoms with Gasteiger partial charge in [0.25, 0.3) is 0 Å². The van der Waals surface area contributed by atoms with Gasteiger partial charge >= 0.3 is 0 Å². The van der Waals surface area contributed by atoms with E-state index >= 15 is 0 Å². The van der Waals surface area contributed by atoms with E-state index in [1.807, 2.05) is 11.9 Å². The largest absolute Gasteiger partial charge is 0.388 e. The fourth-order valence-electron chi connectivity index (χ4n) is 2.69. The number of nitrogens with zero attached hydrogens (tertiary/aromatic N) is 1. The molecule has 1 fully saturated rings. The number of aldehydes is 1. The maximum Gasteiger partial charge on any atom is 0.152 e. The third-order valence-corrected chi connectivity index (χ3v) is 3.59. The molecule has 0 amide bonds. The van der Waals surface area contributed by atoms with Gasteiger partial charge in [0.15, 0.2) is 6.29 Å². The summed E-state index contributed by atoms with van der Waals surface area (Å²) in [5, 5.41) is 10.3. The molecule has 98 valence electrons. The fourth-order valence-corrected chi connectivity index (χ4v) is 2.69. The topological polar surface area (TPSA) is 40.5 Å². The first-order valence-corrected chi connectivity index (χ1v) is 6.22. The Morgan fingerprint density at radius 3 is 2.72 bits per heavy atom. The lowest BCUT2D eigenvalue weighted by molar-refractivity contribution is 0.0559. The first-order chi connectivity index (χ1) is 8.54. The van der Waals surface area contributed by atoms with E-state index in [0.29, 0.717) is 24.1 Å². The van der Waals surface area contributed by atoms with E-state index in [1.165, 1.54) is 12.1 Å². The van der Waals surface area contributed by atoms with Crippen LogP contribution in [0.4, 0.5) is 10.1 Å². The lowest BCUT2D eigenvalue weighted by atomic mass is 10.0. The van der Waals surface area contributed by atoms with Gasteiger partial charge in [0.2, 0.25) is 0 Å². The lowest BCUT2D eigenvalue weighted by Gasteiger charge is -2.30. The molecule has 4 heteroatoms. The number of anilines is 1. The van der Waals surface area contributed by atoms with Gasteiger partial charge < -0.3 is 10.0 Å². The number of likely N-dealkylation sites (N-methyl/N-ethyl adjacent to an activating group) is 1. The van der Waals surface area contributed by atoms with Crippen molar-refractivity contribution in [1.82, 2.24) is 0 Å². The van der Waals surface area contributed by atoms with Crippen molar-refractivity contribution in [1.29, 1.82) is 0 Å². The van der Waals surface area contributed by atoms with Crippen molar-refractivity contribution in [2.45, 2.75) is 31.3 Å². The molecule has 0 heterocycles. The number of rotatable bonds is 4. The predicted molar refractivity (Wildman–Crippen MR) is 68.5 cm³/mol. The number of benzene rings is 1. The molecule has 2 rings (SSSR count). The molecule has 0 aliphatic heterocycles. The molecule has 0 atom stereocenters. The Morgan fingerprint density at radius 2 is 2.11 bits per heavy atom. The molecular weight excluding hydrogens is 233 g/mol. The number of aliphatic hydroxyl groups is 1. The Labute approximate surface area is 106 Å². The Balaban J connectivity index is 2.17. The Hall–Kier alpha value is -1.42. The zero-order valence-electron chi connectivity index (χ0n) is 10.5. The van der Waals surface area contributed by atoms with E-state index in [4.69, 9.17) is 0 Å². The van der Waals surface area contributed by atoms with Crippen LogP contribution in [0.1, 0.15) is 36.0 Å². The van der Waals surface area contributed by atoms with E-state index in [9.17, 15) is 14.3 Å². The van der Waals surface area contributed by atoms with Gasteiger partial charge in [0.1, 0.15) is 5.82 Å². The van der Waals surface area contributed by atoms with Crippen LogP contribution in [0.15, 0.2) is 18.2 Å². The maximum absolute atomic E-state index is 13.1. The normalized spacial score (nSPS) is 17.7. The SMILES string of the molecule is CN(CC1(O)CCCC1)c1ccc(F)cc1C=O. The summed E-state index contributed by atoms with van der Waals surface area (Å²) in [6.07, 6.45) is 4.29. The number of hydrogen-bond acceptors (Lipinski definition) is 3. The molecule has 1 N–H and O–H groups in total. The standard InChI is InChI=1S/C14H18FNO2/c1-16(10-14(18)6-2-3-7-14)13-5-4-12(15)8-11(13)9-17/h4-5,8-9,18H,2-3,6-7,10H2,1H3.